The highest BCUT2D eigenvalue weighted by Crippen LogP contribution is 2.45. The molecule has 4 N–H and O–H groups in total. The molecule has 0 aromatic carbocycles. The number of ether oxygens (including phenoxy) is 3. The number of hydrogen-bond acceptors (Lipinski definition) is 14. The molecule has 0 spiro atoms. The summed E-state index contributed by atoms with van der Waals surface area (Å²) in [4.78, 5) is 58.7. The zero-order chi connectivity index (χ0) is 75.2. The molecule has 0 aromatic heterocycles. The van der Waals surface area contributed by atoms with Crippen molar-refractivity contribution in [3.05, 3.63) is 134 Å². The second-order valence-electron chi connectivity index (χ2n) is 26.8. The van der Waals surface area contributed by atoms with Gasteiger partial charge >= 0.3 is 33.6 Å². The van der Waals surface area contributed by atoms with Crippen LogP contribution in [-0.4, -0.2) is 95.9 Å². The van der Waals surface area contributed by atoms with Crippen LogP contribution in [-0.2, 0) is 55.8 Å². The molecule has 0 aromatic rings. The lowest BCUT2D eigenvalue weighted by molar-refractivity contribution is -0.161. The van der Waals surface area contributed by atoms with Gasteiger partial charge in [-0.15, -0.1) is 0 Å². The first-order valence-corrected chi connectivity index (χ1v) is 43.5. The van der Waals surface area contributed by atoms with E-state index < -0.39 is 91.5 Å². The Hall–Kier alpha value is -4.31. The fourth-order valence-electron chi connectivity index (χ4n) is 10.8. The molecular formula is C85H146O16P2. The van der Waals surface area contributed by atoms with Crippen LogP contribution in [0.2, 0.25) is 0 Å². The van der Waals surface area contributed by atoms with Crippen molar-refractivity contribution in [1.29, 1.82) is 0 Å². The first-order chi connectivity index (χ1) is 50.2. The van der Waals surface area contributed by atoms with E-state index in [-0.39, 0.29) is 19.3 Å². The van der Waals surface area contributed by atoms with Gasteiger partial charge in [0.1, 0.15) is 25.4 Å². The molecule has 0 aliphatic rings. The van der Waals surface area contributed by atoms with Gasteiger partial charge in [-0.05, 0) is 116 Å². The van der Waals surface area contributed by atoms with Gasteiger partial charge in [-0.3, -0.25) is 32.5 Å². The molecule has 0 amide bonds. The van der Waals surface area contributed by atoms with E-state index >= 15 is 0 Å². The fourth-order valence-corrected chi connectivity index (χ4v) is 12.4. The third kappa shape index (κ3) is 78.6. The number of allylic oxidation sites excluding steroid dienone is 22. The van der Waals surface area contributed by atoms with E-state index in [1.165, 1.54) is 96.3 Å². The molecule has 0 radical (unpaired) electrons. The fraction of sp³-hybridized carbons (Fsp3) is 0.706. The molecule has 5 atom stereocenters. The van der Waals surface area contributed by atoms with Crippen molar-refractivity contribution in [3.63, 3.8) is 0 Å². The monoisotopic (exact) mass is 1490 g/mol. The normalized spacial score (nSPS) is 14.7. The van der Waals surface area contributed by atoms with Crippen LogP contribution in [0, 0.1) is 0 Å². The summed E-state index contributed by atoms with van der Waals surface area (Å²) in [5.74, 6) is -1.58. The Labute approximate surface area is 626 Å². The van der Waals surface area contributed by atoms with Crippen molar-refractivity contribution in [2.75, 3.05) is 39.6 Å². The molecule has 16 nitrogen and oxygen atoms in total. The summed E-state index contributed by atoms with van der Waals surface area (Å²) in [6.07, 6.45) is 93.5. The highest BCUT2D eigenvalue weighted by atomic mass is 31.2. The summed E-state index contributed by atoms with van der Waals surface area (Å²) >= 11 is 0. The highest BCUT2D eigenvalue weighted by Gasteiger charge is 2.29. The minimum absolute atomic E-state index is 0.103. The molecule has 0 bridgehead atoms. The van der Waals surface area contributed by atoms with Gasteiger partial charge in [0.25, 0.3) is 0 Å². The highest BCUT2D eigenvalue weighted by molar-refractivity contribution is 7.47. The number of phosphoric ester groups is 2. The van der Waals surface area contributed by atoms with Crippen LogP contribution >= 0.6 is 15.6 Å². The molecule has 0 aliphatic carbocycles. The molecule has 103 heavy (non-hydrogen) atoms. The molecule has 0 heterocycles. The predicted molar refractivity (Wildman–Crippen MR) is 426 cm³/mol. The van der Waals surface area contributed by atoms with Gasteiger partial charge < -0.3 is 34.2 Å². The minimum atomic E-state index is -4.93. The van der Waals surface area contributed by atoms with Gasteiger partial charge in [0.05, 0.1) is 26.4 Å². The van der Waals surface area contributed by atoms with E-state index in [1.54, 1.807) is 0 Å². The van der Waals surface area contributed by atoms with Gasteiger partial charge in [0.15, 0.2) is 6.10 Å². The molecule has 0 saturated heterocycles. The number of unbranched alkanes of at least 4 members (excludes halogenated alkanes) is 31. The average Bonchev–Trinajstić information content (AvgIpc) is 0.915. The van der Waals surface area contributed by atoms with Gasteiger partial charge in [-0.1, -0.05) is 328 Å². The van der Waals surface area contributed by atoms with E-state index in [0.717, 1.165) is 173 Å². The lowest BCUT2D eigenvalue weighted by Gasteiger charge is -2.21. The van der Waals surface area contributed by atoms with Gasteiger partial charge in [0, 0.05) is 19.3 Å². The maximum absolute atomic E-state index is 13.0. The topological polar surface area (TPSA) is 231 Å². The van der Waals surface area contributed by atoms with Crippen molar-refractivity contribution in [2.24, 2.45) is 0 Å². The van der Waals surface area contributed by atoms with Crippen molar-refractivity contribution in [2.45, 2.75) is 347 Å². The van der Waals surface area contributed by atoms with Crippen LogP contribution in [0.5, 0.6) is 0 Å². The number of esters is 3. The SMILES string of the molecule is CC/C=C\C/C=C\C/C=C\C/C=C\C/C=C\C/C=C\CCCCCCCCCCCCC(=O)OCC(O)COP(=O)(O)OCC(O)COP(=O)(O)OCC(COC(=O)CCCCCCCCC/C=C\C/C=C\C/C=C\C/C=C\C/C=C\CC)OC(=O)CCCCCCCCCCCCCCCCC. The van der Waals surface area contributed by atoms with E-state index in [1.807, 2.05) is 0 Å². The van der Waals surface area contributed by atoms with Crippen LogP contribution in [0.15, 0.2) is 134 Å². The Balaban J connectivity index is 4.55. The molecule has 0 saturated carbocycles. The van der Waals surface area contributed by atoms with Crippen LogP contribution in [0.1, 0.15) is 329 Å². The summed E-state index contributed by atoms with van der Waals surface area (Å²) in [5.41, 5.74) is 0. The summed E-state index contributed by atoms with van der Waals surface area (Å²) in [5, 5.41) is 20.7. The van der Waals surface area contributed by atoms with Gasteiger partial charge in [-0.25, -0.2) is 9.13 Å². The molecule has 18 heteroatoms. The molecule has 592 valence electrons. The Kier molecular flexibility index (Phi) is 74.1. The average molecular weight is 1490 g/mol. The van der Waals surface area contributed by atoms with Crippen molar-refractivity contribution >= 4 is 33.6 Å². The summed E-state index contributed by atoms with van der Waals surface area (Å²) in [7, 11) is -9.79. The van der Waals surface area contributed by atoms with Crippen LogP contribution < -0.4 is 0 Å². The molecule has 0 aliphatic heterocycles. The second-order valence-corrected chi connectivity index (χ2v) is 29.7. The molecule has 5 unspecified atom stereocenters. The first-order valence-electron chi connectivity index (χ1n) is 40.5. The van der Waals surface area contributed by atoms with Crippen molar-refractivity contribution in [3.8, 4) is 0 Å². The number of hydrogen-bond donors (Lipinski definition) is 4. The molecule has 0 fully saturated rings. The van der Waals surface area contributed by atoms with Crippen molar-refractivity contribution < 1.29 is 75.8 Å². The molecule has 0 rings (SSSR count). The molecular weight excluding hydrogens is 1340 g/mol. The smallest absolute Gasteiger partial charge is 0.463 e. The third-order valence-electron chi connectivity index (χ3n) is 16.9. The van der Waals surface area contributed by atoms with Crippen molar-refractivity contribution in [1.82, 2.24) is 0 Å². The number of rotatable bonds is 76. The predicted octanol–water partition coefficient (Wildman–Crippen LogP) is 23.9. The largest absolute Gasteiger partial charge is 0.472 e. The number of carbonyl (C=O) groups is 3. The number of phosphoric acid groups is 2. The van der Waals surface area contributed by atoms with Gasteiger partial charge in [0.2, 0.25) is 0 Å². The number of aliphatic hydroxyl groups excluding tert-OH is 2. The van der Waals surface area contributed by atoms with Gasteiger partial charge in [-0.2, -0.15) is 0 Å². The summed E-state index contributed by atoms with van der Waals surface area (Å²) < 4.78 is 61.2. The summed E-state index contributed by atoms with van der Waals surface area (Å²) in [6.45, 7) is 2.47. The zero-order valence-electron chi connectivity index (χ0n) is 64.7. The zero-order valence-corrected chi connectivity index (χ0v) is 66.5. The lowest BCUT2D eigenvalue weighted by Crippen LogP contribution is -2.30. The summed E-state index contributed by atoms with van der Waals surface area (Å²) in [6, 6.07) is 0. The van der Waals surface area contributed by atoms with Crippen LogP contribution in [0.25, 0.3) is 0 Å². The maximum atomic E-state index is 13.0. The standard InChI is InChI=1S/C85H146O16P2/c1-4-7-10-13-16-19-22-25-28-30-32-34-36-37-38-39-40-41-43-45-46-48-51-53-56-59-62-65-68-71-83(88)95-74-80(86)75-97-102(91,92)98-76-81(87)77-99-103(93,94)100-79-82(101-85(90)73-70-67-64-61-58-55-50-27-24-21-18-15-12-9-6-3)78-96-84(89)72-69-66-63-60-57-54-52-49-47-44-42-35-33-31-29-26-23-20-17-14-11-8-5-2/h7-8,10-11,16-17,19-20,25-26,28-29,32-35,37-38,40-41,44,47,80-82,86-87H,4-6,9,12-15,18,21-24,27,30-31,36,39,42-43,45-46,48-79H2,1-3H3,(H,91,92)(H,93,94)/b10-7-,11-8-,19-16-,20-17-,28-25-,29-26-,34-32-,35-33-,38-37-,41-40-,47-44-. The van der Waals surface area contributed by atoms with E-state index in [2.05, 4.69) is 154 Å². The lowest BCUT2D eigenvalue weighted by atomic mass is 10.0. The van der Waals surface area contributed by atoms with E-state index in [0.29, 0.717) is 19.3 Å². The van der Waals surface area contributed by atoms with E-state index in [9.17, 15) is 43.5 Å². The third-order valence-corrected chi connectivity index (χ3v) is 18.8. The first kappa shape index (κ1) is 98.7. The second kappa shape index (κ2) is 77.3. The number of aliphatic hydroxyl groups is 2. The van der Waals surface area contributed by atoms with Crippen LogP contribution in [0.4, 0.5) is 0 Å². The van der Waals surface area contributed by atoms with E-state index in [4.69, 9.17) is 32.3 Å². The Morgan fingerprint density at radius 3 is 0.816 bits per heavy atom. The Morgan fingerprint density at radius 1 is 0.282 bits per heavy atom. The maximum Gasteiger partial charge on any atom is 0.472 e. The van der Waals surface area contributed by atoms with Crippen LogP contribution in [0.3, 0.4) is 0 Å². The number of carbonyl (C=O) groups excluding carboxylic acids is 3. The Morgan fingerprint density at radius 2 is 0.515 bits per heavy atom. The minimum Gasteiger partial charge on any atom is -0.463 e. The quantitative estimate of drug-likeness (QED) is 0.0146. The Bertz CT molecular complexity index is 2410.